The second-order valence-corrected chi connectivity index (χ2v) is 13.3. The van der Waals surface area contributed by atoms with Crippen LogP contribution in [0.5, 0.6) is 5.75 Å². The summed E-state index contributed by atoms with van der Waals surface area (Å²) in [6.07, 6.45) is 6.94. The minimum atomic E-state index is -0.516. The van der Waals surface area contributed by atoms with Gasteiger partial charge >= 0.3 is 0 Å². The van der Waals surface area contributed by atoms with Crippen LogP contribution in [0.3, 0.4) is 0 Å². The third kappa shape index (κ3) is 4.57. The van der Waals surface area contributed by atoms with Crippen molar-refractivity contribution in [3.05, 3.63) is 89.0 Å². The van der Waals surface area contributed by atoms with Crippen LogP contribution in [0.25, 0.3) is 22.2 Å². The number of aromatic nitrogens is 1. The van der Waals surface area contributed by atoms with Crippen molar-refractivity contribution in [1.29, 1.82) is 0 Å². The Balaban J connectivity index is 1.31. The number of benzene rings is 3. The predicted molar refractivity (Wildman–Crippen MR) is 171 cm³/mol. The second-order valence-electron chi connectivity index (χ2n) is 13.3. The summed E-state index contributed by atoms with van der Waals surface area (Å²) >= 11 is 0. The van der Waals surface area contributed by atoms with Crippen molar-refractivity contribution in [1.82, 2.24) is 9.47 Å². The monoisotopic (exact) mass is 588 g/mol. The molecule has 2 aliphatic carbocycles. The van der Waals surface area contributed by atoms with Crippen LogP contribution in [-0.2, 0) is 22.7 Å². The van der Waals surface area contributed by atoms with E-state index in [-0.39, 0.29) is 17.6 Å². The smallest absolute Gasteiger partial charge is 0.231 e. The molecular formula is C38H40N2O4. The predicted octanol–water partition coefficient (Wildman–Crippen LogP) is 7.48. The van der Waals surface area contributed by atoms with E-state index in [4.69, 9.17) is 9.47 Å². The highest BCUT2D eigenvalue weighted by atomic mass is 16.5. The number of amides is 1. The lowest BCUT2D eigenvalue weighted by atomic mass is 9.81. The number of ether oxygens (including phenoxy) is 2. The van der Waals surface area contributed by atoms with E-state index in [9.17, 15) is 9.59 Å². The largest absolute Gasteiger partial charge is 0.489 e. The number of Topliss-reactive ketones (excluding diaryl/α,β-unsaturated/α-hetero) is 1. The van der Waals surface area contributed by atoms with E-state index in [0.717, 1.165) is 28.8 Å². The van der Waals surface area contributed by atoms with Crippen LogP contribution in [0.15, 0.2) is 66.7 Å². The number of nitrogens with zero attached hydrogens (tertiary/aromatic N) is 2. The number of hydrogen-bond acceptors (Lipinski definition) is 4. The first-order valence-corrected chi connectivity index (χ1v) is 16.4. The zero-order chi connectivity index (χ0) is 29.8. The third-order valence-corrected chi connectivity index (χ3v) is 10.7. The molecule has 6 heteroatoms. The number of morpholine rings is 1. The van der Waals surface area contributed by atoms with Crippen molar-refractivity contribution < 1.29 is 19.1 Å². The molecular weight excluding hydrogens is 548 g/mol. The molecule has 2 aliphatic heterocycles. The van der Waals surface area contributed by atoms with Crippen molar-refractivity contribution in [2.75, 3.05) is 26.3 Å². The molecule has 4 aliphatic rings. The lowest BCUT2D eigenvalue weighted by molar-refractivity contribution is -0.141. The molecule has 44 heavy (non-hydrogen) atoms. The minimum absolute atomic E-state index is 0.0688. The van der Waals surface area contributed by atoms with E-state index in [0.29, 0.717) is 45.4 Å². The second kappa shape index (κ2) is 10.9. The fourth-order valence-electron chi connectivity index (χ4n) is 8.28. The Labute approximate surface area is 259 Å². The Morgan fingerprint density at radius 2 is 1.75 bits per heavy atom. The topological polar surface area (TPSA) is 60.8 Å². The zero-order valence-electron chi connectivity index (χ0n) is 25.5. The fourth-order valence-corrected chi connectivity index (χ4v) is 8.28. The van der Waals surface area contributed by atoms with Gasteiger partial charge in [0.1, 0.15) is 12.4 Å². The quantitative estimate of drug-likeness (QED) is 0.219. The number of hydrogen-bond donors (Lipinski definition) is 0. The molecule has 3 aromatic carbocycles. The highest BCUT2D eigenvalue weighted by molar-refractivity contribution is 6.01. The van der Waals surface area contributed by atoms with Crippen LogP contribution in [0.2, 0.25) is 0 Å². The first-order valence-electron chi connectivity index (χ1n) is 16.4. The molecule has 0 N–H and O–H groups in total. The van der Waals surface area contributed by atoms with E-state index < -0.39 is 5.41 Å². The van der Waals surface area contributed by atoms with Gasteiger partial charge in [-0.2, -0.15) is 0 Å². The molecule has 3 heterocycles. The molecule has 1 saturated heterocycles. The van der Waals surface area contributed by atoms with Crippen LogP contribution >= 0.6 is 0 Å². The van der Waals surface area contributed by atoms with Crippen molar-refractivity contribution in [2.45, 2.75) is 70.4 Å². The highest BCUT2D eigenvalue weighted by Crippen LogP contribution is 2.66. The van der Waals surface area contributed by atoms with Gasteiger partial charge in [-0.15, -0.1) is 0 Å². The lowest BCUT2D eigenvalue weighted by Crippen LogP contribution is -2.45. The highest BCUT2D eigenvalue weighted by Gasteiger charge is 2.64. The van der Waals surface area contributed by atoms with Gasteiger partial charge in [-0.3, -0.25) is 9.59 Å². The molecule has 0 radical (unpaired) electrons. The molecule has 1 amide bonds. The Bertz CT molecular complexity index is 1750. The first kappa shape index (κ1) is 27.6. The summed E-state index contributed by atoms with van der Waals surface area (Å²) in [4.78, 5) is 29.1. The summed E-state index contributed by atoms with van der Waals surface area (Å²) in [5.74, 6) is 1.74. The Hall–Kier alpha value is -3.90. The number of ketones is 1. The summed E-state index contributed by atoms with van der Waals surface area (Å²) in [5, 5.41) is 1.24. The van der Waals surface area contributed by atoms with E-state index in [2.05, 4.69) is 47.0 Å². The Morgan fingerprint density at radius 3 is 2.52 bits per heavy atom. The molecule has 226 valence electrons. The maximum Gasteiger partial charge on any atom is 0.231 e. The van der Waals surface area contributed by atoms with E-state index >= 15 is 0 Å². The van der Waals surface area contributed by atoms with E-state index in [1.54, 1.807) is 6.92 Å². The van der Waals surface area contributed by atoms with Gasteiger partial charge in [-0.05, 0) is 73.1 Å². The van der Waals surface area contributed by atoms with Gasteiger partial charge in [0.25, 0.3) is 0 Å². The standard InChI is InChI=1S/C38H40N2O4/c1-25(41)28-12-14-31-34(20-28)40-24-38(37(42)39-16-18-43-19-17-39)22-33(38)32-21-29(44-23-26-8-4-2-5-9-26)13-15-30(32)36(40)35(31)27-10-6-3-7-11-27/h2,4-5,8-9,12-15,20-21,27,33H,3,6-7,10-11,16-19,22-24H2,1H3. The number of carbonyl (C=O) groups is 2. The number of rotatable bonds is 6. The SMILES string of the molecule is CC(=O)c1ccc2c(C3CCCCC3)c3n(c2c1)CC1(C(=O)N2CCOCC2)CC1c1cc(OCc2ccccc2)ccc1-3. The van der Waals surface area contributed by atoms with E-state index in [1.165, 1.54) is 59.9 Å². The van der Waals surface area contributed by atoms with Crippen molar-refractivity contribution in [3.63, 3.8) is 0 Å². The van der Waals surface area contributed by atoms with Gasteiger partial charge in [0.2, 0.25) is 5.91 Å². The average molecular weight is 589 g/mol. The van der Waals surface area contributed by atoms with Crippen LogP contribution < -0.4 is 4.74 Å². The molecule has 8 rings (SSSR count). The molecule has 2 unspecified atom stereocenters. The van der Waals surface area contributed by atoms with Gasteiger partial charge in [-0.25, -0.2) is 0 Å². The van der Waals surface area contributed by atoms with Gasteiger partial charge in [0.05, 0.1) is 24.3 Å². The maximum absolute atomic E-state index is 14.5. The normalized spacial score (nSPS) is 22.9. The summed E-state index contributed by atoms with van der Waals surface area (Å²) in [6, 6.07) is 23.1. The van der Waals surface area contributed by atoms with Crippen LogP contribution in [0.4, 0.5) is 0 Å². The Kier molecular flexibility index (Phi) is 6.86. The molecule has 1 aromatic heterocycles. The molecule has 3 fully saturated rings. The zero-order valence-corrected chi connectivity index (χ0v) is 25.5. The lowest BCUT2D eigenvalue weighted by Gasteiger charge is -2.31. The summed E-state index contributed by atoms with van der Waals surface area (Å²) in [6.45, 7) is 5.23. The van der Waals surface area contributed by atoms with Gasteiger partial charge < -0.3 is 18.9 Å². The average Bonchev–Trinajstić information content (AvgIpc) is 3.74. The van der Waals surface area contributed by atoms with Gasteiger partial charge in [0, 0.05) is 47.6 Å². The van der Waals surface area contributed by atoms with Crippen molar-refractivity contribution in [3.8, 4) is 17.0 Å². The fraction of sp³-hybridized carbons (Fsp3) is 0.421. The van der Waals surface area contributed by atoms with Crippen molar-refractivity contribution >= 4 is 22.6 Å². The molecule has 2 atom stereocenters. The minimum Gasteiger partial charge on any atom is -0.489 e. The molecule has 6 nitrogen and oxygen atoms in total. The summed E-state index contributed by atoms with van der Waals surface area (Å²) in [5.41, 5.74) is 7.53. The third-order valence-electron chi connectivity index (χ3n) is 10.7. The van der Waals surface area contributed by atoms with Gasteiger partial charge in [0.15, 0.2) is 5.78 Å². The van der Waals surface area contributed by atoms with Crippen LogP contribution in [0, 0.1) is 5.41 Å². The maximum atomic E-state index is 14.5. The molecule has 2 saturated carbocycles. The summed E-state index contributed by atoms with van der Waals surface area (Å²) in [7, 11) is 0. The molecule has 4 aromatic rings. The van der Waals surface area contributed by atoms with Gasteiger partial charge in [-0.1, -0.05) is 61.7 Å². The van der Waals surface area contributed by atoms with Crippen molar-refractivity contribution in [2.24, 2.45) is 5.41 Å². The van der Waals surface area contributed by atoms with E-state index in [1.807, 2.05) is 29.2 Å². The summed E-state index contributed by atoms with van der Waals surface area (Å²) < 4.78 is 14.4. The first-order chi connectivity index (χ1) is 21.5. The Morgan fingerprint density at radius 1 is 0.955 bits per heavy atom. The van der Waals surface area contributed by atoms with Crippen LogP contribution in [0.1, 0.15) is 84.3 Å². The number of fused-ring (bicyclic) bond motifs is 7. The number of carbonyl (C=O) groups excluding carboxylic acids is 2. The molecule has 0 bridgehead atoms. The molecule has 0 spiro atoms. The van der Waals surface area contributed by atoms with Crippen LogP contribution in [-0.4, -0.2) is 47.5 Å².